The van der Waals surface area contributed by atoms with Gasteiger partial charge in [-0.2, -0.15) is 0 Å². The molecule has 0 bridgehead atoms. The number of carbonyl (C=O) groups is 4. The van der Waals surface area contributed by atoms with Crippen LogP contribution in [-0.4, -0.2) is 53.8 Å². The lowest BCUT2D eigenvalue weighted by Gasteiger charge is -2.30. The summed E-state index contributed by atoms with van der Waals surface area (Å²) in [6, 6.07) is 2.55. The lowest BCUT2D eigenvalue weighted by molar-refractivity contribution is -0.132. The second kappa shape index (κ2) is 8.84. The molecule has 1 spiro atoms. The van der Waals surface area contributed by atoms with Gasteiger partial charge in [-0.05, 0) is 31.4 Å². The molecule has 2 saturated heterocycles. The maximum absolute atomic E-state index is 14.0. The summed E-state index contributed by atoms with van der Waals surface area (Å²) in [4.78, 5) is 52.1. The van der Waals surface area contributed by atoms with Crippen molar-refractivity contribution < 1.29 is 28.0 Å². The first-order valence-electron chi connectivity index (χ1n) is 11.0. The number of halogens is 2. The molecule has 172 valence electrons. The number of hydrogen-bond donors (Lipinski definition) is 2. The molecule has 3 fully saturated rings. The first kappa shape index (κ1) is 22.2. The fourth-order valence-corrected chi connectivity index (χ4v) is 4.78. The minimum absolute atomic E-state index is 0.00273. The Morgan fingerprint density at radius 3 is 2.62 bits per heavy atom. The molecule has 2 heterocycles. The Morgan fingerprint density at radius 2 is 1.91 bits per heavy atom. The topological polar surface area (TPSA) is 98.8 Å². The van der Waals surface area contributed by atoms with Crippen LogP contribution in [0, 0.1) is 17.6 Å². The van der Waals surface area contributed by atoms with Crippen LogP contribution in [0.4, 0.5) is 19.3 Å². The van der Waals surface area contributed by atoms with Crippen LogP contribution in [0.5, 0.6) is 0 Å². The van der Waals surface area contributed by atoms with Gasteiger partial charge in [0, 0.05) is 32.1 Å². The molecule has 1 atom stereocenters. The van der Waals surface area contributed by atoms with E-state index < -0.39 is 29.0 Å². The quantitative estimate of drug-likeness (QED) is 0.514. The summed E-state index contributed by atoms with van der Waals surface area (Å²) in [5, 5.41) is 5.57. The average Bonchev–Trinajstić information content (AvgIpc) is 3.24. The molecular weight excluding hydrogens is 422 g/mol. The van der Waals surface area contributed by atoms with Gasteiger partial charge in [0.2, 0.25) is 11.8 Å². The summed E-state index contributed by atoms with van der Waals surface area (Å²) in [5.41, 5.74) is -0.816. The Labute approximate surface area is 184 Å². The summed E-state index contributed by atoms with van der Waals surface area (Å²) < 4.78 is 27.1. The normalized spacial score (nSPS) is 22.6. The molecule has 10 heteroatoms. The van der Waals surface area contributed by atoms with Gasteiger partial charge in [0.1, 0.15) is 17.2 Å². The van der Waals surface area contributed by atoms with Gasteiger partial charge in [0.15, 0.2) is 0 Å². The predicted molar refractivity (Wildman–Crippen MR) is 111 cm³/mol. The highest BCUT2D eigenvalue weighted by atomic mass is 19.1. The average molecular weight is 448 g/mol. The number of nitrogens with zero attached hydrogens (tertiary/aromatic N) is 2. The Hall–Kier alpha value is -3.04. The maximum atomic E-state index is 14.0. The van der Waals surface area contributed by atoms with Gasteiger partial charge in [-0.25, -0.2) is 13.6 Å². The molecule has 3 aliphatic rings. The van der Waals surface area contributed by atoms with Crippen molar-refractivity contribution in [2.45, 2.75) is 50.5 Å². The number of benzene rings is 1. The number of carbonyl (C=O) groups excluding carboxylic acids is 4. The maximum Gasteiger partial charge on any atom is 0.325 e. The molecule has 1 aromatic carbocycles. The number of rotatable bonds is 6. The van der Waals surface area contributed by atoms with Gasteiger partial charge in [-0.15, -0.1) is 0 Å². The molecular formula is C22H26F2N4O4. The molecule has 0 unspecified atom stereocenters. The SMILES string of the molecule is O=C(NCCCN1C(=O)NC2(CCCCC2)C1=O)[C@H]1CC(=O)N(c2ccc(F)cc2F)C1. The third-order valence-electron chi connectivity index (χ3n) is 6.51. The molecule has 1 aliphatic carbocycles. The van der Waals surface area contributed by atoms with Crippen LogP contribution in [0.25, 0.3) is 0 Å². The van der Waals surface area contributed by atoms with E-state index in [0.29, 0.717) is 25.3 Å². The third kappa shape index (κ3) is 4.18. The van der Waals surface area contributed by atoms with E-state index in [-0.39, 0.29) is 49.6 Å². The van der Waals surface area contributed by atoms with E-state index in [0.717, 1.165) is 30.2 Å². The number of hydrogen-bond acceptors (Lipinski definition) is 4. The van der Waals surface area contributed by atoms with Crippen LogP contribution in [0.3, 0.4) is 0 Å². The van der Waals surface area contributed by atoms with Crippen molar-refractivity contribution in [1.29, 1.82) is 0 Å². The first-order valence-corrected chi connectivity index (χ1v) is 11.0. The van der Waals surface area contributed by atoms with Crippen LogP contribution in [0.2, 0.25) is 0 Å². The van der Waals surface area contributed by atoms with Gasteiger partial charge in [0.05, 0.1) is 11.6 Å². The van der Waals surface area contributed by atoms with E-state index in [2.05, 4.69) is 10.6 Å². The van der Waals surface area contributed by atoms with Crippen LogP contribution < -0.4 is 15.5 Å². The van der Waals surface area contributed by atoms with Crippen LogP contribution >= 0.6 is 0 Å². The van der Waals surface area contributed by atoms with Gasteiger partial charge in [-0.1, -0.05) is 19.3 Å². The van der Waals surface area contributed by atoms with Crippen LogP contribution in [0.15, 0.2) is 18.2 Å². The van der Waals surface area contributed by atoms with E-state index in [1.54, 1.807) is 0 Å². The largest absolute Gasteiger partial charge is 0.356 e. The van der Waals surface area contributed by atoms with Gasteiger partial charge in [0.25, 0.3) is 5.91 Å². The fraction of sp³-hybridized carbons (Fsp3) is 0.545. The minimum Gasteiger partial charge on any atom is -0.356 e. The fourth-order valence-electron chi connectivity index (χ4n) is 4.78. The van der Waals surface area contributed by atoms with Gasteiger partial charge in [-0.3, -0.25) is 19.3 Å². The van der Waals surface area contributed by atoms with Gasteiger partial charge < -0.3 is 15.5 Å². The number of imide groups is 1. The van der Waals surface area contributed by atoms with E-state index in [1.807, 2.05) is 0 Å². The zero-order valence-corrected chi connectivity index (χ0v) is 17.7. The lowest BCUT2D eigenvalue weighted by Crippen LogP contribution is -2.48. The second-order valence-electron chi connectivity index (χ2n) is 8.68. The van der Waals surface area contributed by atoms with Crippen molar-refractivity contribution in [3.8, 4) is 0 Å². The summed E-state index contributed by atoms with van der Waals surface area (Å²) >= 11 is 0. The van der Waals surface area contributed by atoms with Crippen molar-refractivity contribution in [1.82, 2.24) is 15.5 Å². The molecule has 0 radical (unpaired) electrons. The Kier molecular flexibility index (Phi) is 6.12. The molecule has 2 N–H and O–H groups in total. The van der Waals surface area contributed by atoms with Crippen molar-refractivity contribution in [2.75, 3.05) is 24.5 Å². The van der Waals surface area contributed by atoms with E-state index in [4.69, 9.17) is 0 Å². The predicted octanol–water partition coefficient (Wildman–Crippen LogP) is 2.08. The number of amides is 5. The smallest absolute Gasteiger partial charge is 0.325 e. The number of urea groups is 1. The molecule has 1 aromatic rings. The molecule has 8 nitrogen and oxygen atoms in total. The van der Waals surface area contributed by atoms with Crippen LogP contribution in [-0.2, 0) is 14.4 Å². The lowest BCUT2D eigenvalue weighted by atomic mass is 9.82. The Morgan fingerprint density at radius 1 is 1.16 bits per heavy atom. The van der Waals surface area contributed by atoms with Crippen molar-refractivity contribution >= 4 is 29.4 Å². The Balaban J connectivity index is 1.25. The van der Waals surface area contributed by atoms with Crippen molar-refractivity contribution in [3.63, 3.8) is 0 Å². The summed E-state index contributed by atoms with van der Waals surface area (Å²) in [5.74, 6) is -3.21. The summed E-state index contributed by atoms with van der Waals surface area (Å²) in [7, 11) is 0. The molecule has 2 aliphatic heterocycles. The standard InChI is InChI=1S/C22H26F2N4O4/c23-15-5-6-17(16(24)12-15)28-13-14(11-18(28)29)19(30)25-9-4-10-27-20(31)22(26-21(27)32)7-2-1-3-8-22/h5-6,12,14H,1-4,7-11,13H2,(H,25,30)(H,26,32)/t14-/m0/s1. The zero-order chi connectivity index (χ0) is 22.9. The molecule has 32 heavy (non-hydrogen) atoms. The molecule has 4 rings (SSSR count). The highest BCUT2D eigenvalue weighted by molar-refractivity contribution is 6.07. The highest BCUT2D eigenvalue weighted by Gasteiger charge is 2.50. The molecule has 1 saturated carbocycles. The molecule has 0 aromatic heterocycles. The Bertz CT molecular complexity index is 948. The highest BCUT2D eigenvalue weighted by Crippen LogP contribution is 2.33. The monoisotopic (exact) mass is 448 g/mol. The minimum atomic E-state index is -0.858. The summed E-state index contributed by atoms with van der Waals surface area (Å²) in [6.45, 7) is 0.435. The third-order valence-corrected chi connectivity index (χ3v) is 6.51. The number of nitrogens with one attached hydrogen (secondary N) is 2. The summed E-state index contributed by atoms with van der Waals surface area (Å²) in [6.07, 6.45) is 4.52. The van der Waals surface area contributed by atoms with Crippen molar-refractivity contribution in [3.05, 3.63) is 29.8 Å². The van der Waals surface area contributed by atoms with E-state index in [9.17, 15) is 28.0 Å². The first-order chi connectivity index (χ1) is 15.3. The second-order valence-corrected chi connectivity index (χ2v) is 8.68. The van der Waals surface area contributed by atoms with Crippen LogP contribution in [0.1, 0.15) is 44.9 Å². The van der Waals surface area contributed by atoms with E-state index >= 15 is 0 Å². The zero-order valence-electron chi connectivity index (χ0n) is 17.7. The van der Waals surface area contributed by atoms with Crippen molar-refractivity contribution in [2.24, 2.45) is 5.92 Å². The van der Waals surface area contributed by atoms with Gasteiger partial charge >= 0.3 is 6.03 Å². The number of anilines is 1. The molecule has 5 amide bonds. The van der Waals surface area contributed by atoms with E-state index in [1.165, 1.54) is 11.0 Å².